The molecule has 1 aromatic rings. The summed E-state index contributed by atoms with van der Waals surface area (Å²) < 4.78 is 0. The van der Waals surface area contributed by atoms with Crippen molar-refractivity contribution in [1.82, 2.24) is 9.80 Å². The van der Waals surface area contributed by atoms with Crippen LogP contribution in [0.4, 0.5) is 5.69 Å². The summed E-state index contributed by atoms with van der Waals surface area (Å²) in [5.41, 5.74) is 9.80. The molecule has 0 unspecified atom stereocenters. The molecule has 6 heteroatoms. The van der Waals surface area contributed by atoms with Gasteiger partial charge in [0.15, 0.2) is 0 Å². The minimum absolute atomic E-state index is 0.0794. The fourth-order valence-electron chi connectivity index (χ4n) is 5.33. The van der Waals surface area contributed by atoms with E-state index in [2.05, 4.69) is 28.0 Å². The molecule has 0 spiro atoms. The van der Waals surface area contributed by atoms with E-state index in [4.69, 9.17) is 5.73 Å². The van der Waals surface area contributed by atoms with Gasteiger partial charge in [-0.25, -0.2) is 0 Å². The summed E-state index contributed by atoms with van der Waals surface area (Å²) in [6, 6.07) is 6.86. The fourth-order valence-corrected chi connectivity index (χ4v) is 5.33. The molecule has 0 saturated carbocycles. The van der Waals surface area contributed by atoms with Crippen LogP contribution in [0.15, 0.2) is 18.2 Å². The number of amides is 2. The molecular weight excluding hydrogens is 376 g/mol. The Balaban J connectivity index is 1.16. The summed E-state index contributed by atoms with van der Waals surface area (Å²) in [6.45, 7) is 7.38. The van der Waals surface area contributed by atoms with Gasteiger partial charge in [-0.1, -0.05) is 12.1 Å². The molecule has 30 heavy (non-hydrogen) atoms. The molecule has 2 N–H and O–H groups in total. The largest absolute Gasteiger partial charge is 0.370 e. The third-order valence-corrected chi connectivity index (χ3v) is 7.24. The highest BCUT2D eigenvalue weighted by Gasteiger charge is 2.25. The Morgan fingerprint density at radius 3 is 2.47 bits per heavy atom. The Hall–Kier alpha value is -2.08. The van der Waals surface area contributed by atoms with Crippen LogP contribution in [0.1, 0.15) is 49.7 Å². The van der Waals surface area contributed by atoms with E-state index in [-0.39, 0.29) is 18.7 Å². The molecule has 6 nitrogen and oxygen atoms in total. The summed E-state index contributed by atoms with van der Waals surface area (Å²) in [6.07, 6.45) is 7.61. The minimum atomic E-state index is -0.394. The van der Waals surface area contributed by atoms with Crippen LogP contribution in [0.5, 0.6) is 0 Å². The van der Waals surface area contributed by atoms with Crippen molar-refractivity contribution in [3.63, 3.8) is 0 Å². The number of primary amides is 1. The molecule has 2 heterocycles. The zero-order chi connectivity index (χ0) is 20.9. The lowest BCUT2D eigenvalue weighted by Crippen LogP contribution is -2.47. The smallest absolute Gasteiger partial charge is 0.223 e. The van der Waals surface area contributed by atoms with E-state index in [9.17, 15) is 9.59 Å². The number of benzene rings is 1. The third-order valence-electron chi connectivity index (χ3n) is 7.24. The highest BCUT2D eigenvalue weighted by Crippen LogP contribution is 2.32. The topological polar surface area (TPSA) is 69.9 Å². The number of piperidine rings is 1. The van der Waals surface area contributed by atoms with Gasteiger partial charge in [-0.05, 0) is 68.2 Å². The van der Waals surface area contributed by atoms with Gasteiger partial charge in [0.25, 0.3) is 0 Å². The maximum Gasteiger partial charge on any atom is 0.223 e. The van der Waals surface area contributed by atoms with Crippen molar-refractivity contribution in [3.8, 4) is 0 Å². The van der Waals surface area contributed by atoms with Crippen molar-refractivity contribution in [2.75, 3.05) is 50.7 Å². The molecular formula is C24H36N4O2. The number of anilines is 1. The number of piperazine rings is 1. The van der Waals surface area contributed by atoms with Crippen LogP contribution in [0.2, 0.25) is 0 Å². The number of likely N-dealkylation sites (tertiary alicyclic amines) is 1. The maximum atomic E-state index is 12.1. The van der Waals surface area contributed by atoms with Gasteiger partial charge in [-0.3, -0.25) is 14.5 Å². The monoisotopic (exact) mass is 412 g/mol. The third kappa shape index (κ3) is 5.15. The zero-order valence-corrected chi connectivity index (χ0v) is 18.2. The number of hydrogen-bond donors (Lipinski definition) is 1. The SMILES string of the molecule is NC(=O)CCC(=O)N1CCC(CCN2CCN(c3cccc4c3CCC4)CC2)CC1. The van der Waals surface area contributed by atoms with E-state index < -0.39 is 5.91 Å². The predicted molar refractivity (Wildman–Crippen MR) is 119 cm³/mol. The van der Waals surface area contributed by atoms with Gasteiger partial charge in [0.05, 0.1) is 0 Å². The first-order valence-electron chi connectivity index (χ1n) is 11.7. The summed E-state index contributed by atoms with van der Waals surface area (Å²) in [7, 11) is 0. The van der Waals surface area contributed by atoms with Crippen LogP contribution < -0.4 is 10.6 Å². The van der Waals surface area contributed by atoms with Gasteiger partial charge in [-0.2, -0.15) is 0 Å². The molecule has 1 aromatic carbocycles. The van der Waals surface area contributed by atoms with Crippen LogP contribution in [0.3, 0.4) is 0 Å². The summed E-state index contributed by atoms with van der Waals surface area (Å²) in [5, 5.41) is 0. The summed E-state index contributed by atoms with van der Waals surface area (Å²) in [4.78, 5) is 30.1. The maximum absolute atomic E-state index is 12.1. The molecule has 2 amide bonds. The van der Waals surface area contributed by atoms with E-state index in [1.54, 1.807) is 11.1 Å². The Labute approximate surface area is 180 Å². The average Bonchev–Trinajstić information content (AvgIpc) is 3.26. The quantitative estimate of drug-likeness (QED) is 0.745. The van der Waals surface area contributed by atoms with E-state index in [1.807, 2.05) is 4.90 Å². The van der Waals surface area contributed by atoms with Crippen LogP contribution in [-0.2, 0) is 22.4 Å². The molecule has 3 aliphatic rings. The van der Waals surface area contributed by atoms with E-state index in [1.165, 1.54) is 37.9 Å². The van der Waals surface area contributed by atoms with E-state index in [0.29, 0.717) is 5.92 Å². The first kappa shape index (κ1) is 21.2. The molecule has 1 aliphatic carbocycles. The molecule has 164 valence electrons. The lowest BCUT2D eigenvalue weighted by Gasteiger charge is -2.38. The molecule has 0 atom stereocenters. The summed E-state index contributed by atoms with van der Waals surface area (Å²) in [5.74, 6) is 0.395. The number of carbonyl (C=O) groups is 2. The Morgan fingerprint density at radius 1 is 0.967 bits per heavy atom. The number of hydrogen-bond acceptors (Lipinski definition) is 4. The van der Waals surface area contributed by atoms with Crippen molar-refractivity contribution in [1.29, 1.82) is 0 Å². The van der Waals surface area contributed by atoms with Crippen molar-refractivity contribution in [2.24, 2.45) is 11.7 Å². The first-order chi connectivity index (χ1) is 14.6. The molecule has 4 rings (SSSR count). The van der Waals surface area contributed by atoms with Gasteiger partial charge in [0, 0.05) is 57.8 Å². The van der Waals surface area contributed by atoms with Crippen molar-refractivity contribution >= 4 is 17.5 Å². The van der Waals surface area contributed by atoms with E-state index in [0.717, 1.165) is 52.1 Å². The molecule has 2 aliphatic heterocycles. The van der Waals surface area contributed by atoms with Crippen LogP contribution >= 0.6 is 0 Å². The molecule has 0 aromatic heterocycles. The highest BCUT2D eigenvalue weighted by molar-refractivity contribution is 5.82. The van der Waals surface area contributed by atoms with Gasteiger partial charge >= 0.3 is 0 Å². The van der Waals surface area contributed by atoms with Crippen LogP contribution in [-0.4, -0.2) is 67.4 Å². The van der Waals surface area contributed by atoms with Crippen LogP contribution in [0, 0.1) is 5.92 Å². The second-order valence-corrected chi connectivity index (χ2v) is 9.18. The van der Waals surface area contributed by atoms with Gasteiger partial charge in [-0.15, -0.1) is 0 Å². The number of nitrogens with two attached hydrogens (primary N) is 1. The van der Waals surface area contributed by atoms with Gasteiger partial charge in [0.1, 0.15) is 0 Å². The van der Waals surface area contributed by atoms with E-state index >= 15 is 0 Å². The minimum Gasteiger partial charge on any atom is -0.370 e. The zero-order valence-electron chi connectivity index (χ0n) is 18.2. The lowest BCUT2D eigenvalue weighted by atomic mass is 9.93. The number of nitrogens with zero attached hydrogens (tertiary/aromatic N) is 3. The number of rotatable bonds is 7. The molecule has 0 bridgehead atoms. The molecule has 2 saturated heterocycles. The van der Waals surface area contributed by atoms with Crippen molar-refractivity contribution in [3.05, 3.63) is 29.3 Å². The fraction of sp³-hybridized carbons (Fsp3) is 0.667. The van der Waals surface area contributed by atoms with Gasteiger partial charge in [0.2, 0.25) is 11.8 Å². The molecule has 0 radical (unpaired) electrons. The Kier molecular flexibility index (Phi) is 6.93. The highest BCUT2D eigenvalue weighted by atomic mass is 16.2. The van der Waals surface area contributed by atoms with Crippen molar-refractivity contribution in [2.45, 2.75) is 51.4 Å². The van der Waals surface area contributed by atoms with Crippen LogP contribution in [0.25, 0.3) is 0 Å². The van der Waals surface area contributed by atoms with Crippen molar-refractivity contribution < 1.29 is 9.59 Å². The number of fused-ring (bicyclic) bond motifs is 1. The average molecular weight is 413 g/mol. The number of aryl methyl sites for hydroxylation is 1. The molecule has 2 fully saturated rings. The lowest BCUT2D eigenvalue weighted by molar-refractivity contribution is -0.134. The second-order valence-electron chi connectivity index (χ2n) is 9.18. The predicted octanol–water partition coefficient (Wildman–Crippen LogP) is 2.19. The first-order valence-corrected chi connectivity index (χ1v) is 11.7. The number of carbonyl (C=O) groups excluding carboxylic acids is 2. The van der Waals surface area contributed by atoms with Gasteiger partial charge < -0.3 is 15.5 Å². The summed E-state index contributed by atoms with van der Waals surface area (Å²) >= 11 is 0. The Morgan fingerprint density at radius 2 is 1.73 bits per heavy atom. The Bertz CT molecular complexity index is 750. The normalized spacial score (nSPS) is 20.4. The second kappa shape index (κ2) is 9.82. The standard InChI is InChI=1S/C24H36N4O2/c25-23(29)7-8-24(30)28-13-10-19(11-14-28)9-12-26-15-17-27(18-16-26)22-6-2-4-20-3-1-5-21(20)22/h2,4,6,19H,1,3,5,7-18H2,(H2,25,29).